The van der Waals surface area contributed by atoms with Crippen molar-refractivity contribution in [2.24, 2.45) is 0 Å². The van der Waals surface area contributed by atoms with Gasteiger partial charge in [0.25, 0.3) is 0 Å². The van der Waals surface area contributed by atoms with Crippen LogP contribution in [0.3, 0.4) is 0 Å². The van der Waals surface area contributed by atoms with E-state index in [9.17, 15) is 4.39 Å². The molecule has 100 valence electrons. The van der Waals surface area contributed by atoms with Gasteiger partial charge in [-0.15, -0.1) is 0 Å². The molecule has 0 N–H and O–H groups in total. The van der Waals surface area contributed by atoms with Gasteiger partial charge in [0.1, 0.15) is 0 Å². The highest BCUT2D eigenvalue weighted by Crippen LogP contribution is 2.25. The first-order chi connectivity index (χ1) is 9.24. The molecule has 0 saturated carbocycles. The summed E-state index contributed by atoms with van der Waals surface area (Å²) in [6.07, 6.45) is 3.51. The number of ether oxygens (including phenoxy) is 1. The van der Waals surface area contributed by atoms with E-state index in [1.807, 2.05) is 18.2 Å². The first kappa shape index (κ1) is 13.6. The van der Waals surface area contributed by atoms with Crippen molar-refractivity contribution in [3.05, 3.63) is 53.8 Å². The second-order valence-corrected chi connectivity index (χ2v) is 4.65. The predicted molar refractivity (Wildman–Crippen MR) is 77.0 cm³/mol. The van der Waals surface area contributed by atoms with E-state index in [0.29, 0.717) is 0 Å². The Morgan fingerprint density at radius 3 is 2.26 bits per heavy atom. The summed E-state index contributed by atoms with van der Waals surface area (Å²) in [4.78, 5) is 0. The molecule has 0 heterocycles. The topological polar surface area (TPSA) is 9.23 Å². The molecule has 2 heteroatoms. The third kappa shape index (κ3) is 3.34. The van der Waals surface area contributed by atoms with Crippen LogP contribution in [-0.2, 0) is 6.42 Å². The molecule has 0 amide bonds. The van der Waals surface area contributed by atoms with Gasteiger partial charge >= 0.3 is 0 Å². The third-order valence-corrected chi connectivity index (χ3v) is 3.26. The zero-order valence-electron chi connectivity index (χ0n) is 11.4. The van der Waals surface area contributed by atoms with E-state index in [4.69, 9.17) is 4.74 Å². The van der Waals surface area contributed by atoms with E-state index in [-0.39, 0.29) is 11.6 Å². The summed E-state index contributed by atoms with van der Waals surface area (Å²) in [5.74, 6) is -0.0432. The molecule has 0 saturated heterocycles. The van der Waals surface area contributed by atoms with Crippen LogP contribution in [0.25, 0.3) is 11.1 Å². The van der Waals surface area contributed by atoms with Crippen LogP contribution >= 0.6 is 0 Å². The van der Waals surface area contributed by atoms with Crippen LogP contribution in [0.15, 0.2) is 42.5 Å². The van der Waals surface area contributed by atoms with Crippen molar-refractivity contribution in [1.29, 1.82) is 0 Å². The second kappa shape index (κ2) is 6.37. The number of halogens is 1. The molecule has 0 aliphatic carbocycles. The van der Waals surface area contributed by atoms with Gasteiger partial charge in [0, 0.05) is 0 Å². The Morgan fingerprint density at radius 2 is 1.68 bits per heavy atom. The van der Waals surface area contributed by atoms with Crippen molar-refractivity contribution in [2.75, 3.05) is 7.11 Å². The molecule has 0 unspecified atom stereocenters. The first-order valence-corrected chi connectivity index (χ1v) is 6.67. The average molecular weight is 258 g/mol. The molecular weight excluding hydrogens is 239 g/mol. The zero-order valence-corrected chi connectivity index (χ0v) is 11.4. The Balaban J connectivity index is 2.19. The smallest absolute Gasteiger partial charge is 0.165 e. The molecule has 0 fully saturated rings. The van der Waals surface area contributed by atoms with Crippen molar-refractivity contribution >= 4 is 0 Å². The highest BCUT2D eigenvalue weighted by molar-refractivity contribution is 5.64. The summed E-state index contributed by atoms with van der Waals surface area (Å²) >= 11 is 0. The van der Waals surface area contributed by atoms with Gasteiger partial charge in [0.15, 0.2) is 11.6 Å². The Kier molecular flexibility index (Phi) is 4.56. The molecule has 0 spiro atoms. The van der Waals surface area contributed by atoms with Crippen LogP contribution in [0.5, 0.6) is 5.75 Å². The molecule has 0 aliphatic rings. The molecule has 0 aliphatic heterocycles. The van der Waals surface area contributed by atoms with Crippen molar-refractivity contribution in [1.82, 2.24) is 0 Å². The summed E-state index contributed by atoms with van der Waals surface area (Å²) in [5.41, 5.74) is 3.24. The Hall–Kier alpha value is -1.83. The standard InChI is InChI=1S/C17H19FO/c1-3-4-5-13-6-8-14(9-7-13)15-10-11-17(19-2)16(18)12-15/h6-12H,3-5H2,1-2H3. The SMILES string of the molecule is CCCCc1ccc(-c2ccc(OC)c(F)c2)cc1. The first-order valence-electron chi connectivity index (χ1n) is 6.67. The lowest BCUT2D eigenvalue weighted by atomic mass is 10.0. The maximum atomic E-state index is 13.7. The lowest BCUT2D eigenvalue weighted by Gasteiger charge is -2.06. The fourth-order valence-corrected chi connectivity index (χ4v) is 2.09. The number of rotatable bonds is 5. The molecule has 19 heavy (non-hydrogen) atoms. The quantitative estimate of drug-likeness (QED) is 0.745. The van der Waals surface area contributed by atoms with Gasteiger partial charge in [0.2, 0.25) is 0 Å². The van der Waals surface area contributed by atoms with Crippen LogP contribution in [0.2, 0.25) is 0 Å². The van der Waals surface area contributed by atoms with Crippen molar-refractivity contribution in [2.45, 2.75) is 26.2 Å². The Labute approximate surface area is 114 Å². The summed E-state index contributed by atoms with van der Waals surface area (Å²) in [6, 6.07) is 13.4. The molecule has 2 aromatic rings. The van der Waals surface area contributed by atoms with Crippen LogP contribution < -0.4 is 4.74 Å². The summed E-state index contributed by atoms with van der Waals surface area (Å²) in [5, 5.41) is 0. The van der Waals surface area contributed by atoms with Crippen LogP contribution in [0, 0.1) is 5.82 Å². The summed E-state index contributed by atoms with van der Waals surface area (Å²) < 4.78 is 18.6. The maximum Gasteiger partial charge on any atom is 0.165 e. The van der Waals surface area contributed by atoms with Gasteiger partial charge in [-0.1, -0.05) is 43.7 Å². The minimum Gasteiger partial charge on any atom is -0.494 e. The molecule has 1 nitrogen and oxygen atoms in total. The van der Waals surface area contributed by atoms with E-state index >= 15 is 0 Å². The number of benzene rings is 2. The van der Waals surface area contributed by atoms with Crippen LogP contribution in [0.1, 0.15) is 25.3 Å². The molecule has 0 aromatic heterocycles. The largest absolute Gasteiger partial charge is 0.494 e. The van der Waals surface area contributed by atoms with Crippen molar-refractivity contribution in [3.63, 3.8) is 0 Å². The van der Waals surface area contributed by atoms with Gasteiger partial charge in [-0.2, -0.15) is 0 Å². The zero-order chi connectivity index (χ0) is 13.7. The molecule has 0 atom stereocenters. The van der Waals surface area contributed by atoms with E-state index in [0.717, 1.165) is 17.5 Å². The summed E-state index contributed by atoms with van der Waals surface area (Å²) in [7, 11) is 1.47. The minimum atomic E-state index is -0.324. The molecule has 2 aromatic carbocycles. The van der Waals surface area contributed by atoms with E-state index < -0.39 is 0 Å². The Bertz CT molecular complexity index is 531. The monoisotopic (exact) mass is 258 g/mol. The number of hydrogen-bond donors (Lipinski definition) is 0. The highest BCUT2D eigenvalue weighted by atomic mass is 19.1. The molecular formula is C17H19FO. The van der Waals surface area contributed by atoms with Crippen LogP contribution in [0.4, 0.5) is 4.39 Å². The van der Waals surface area contributed by atoms with Gasteiger partial charge in [-0.3, -0.25) is 0 Å². The third-order valence-electron chi connectivity index (χ3n) is 3.26. The van der Waals surface area contributed by atoms with Gasteiger partial charge in [-0.05, 0) is 41.7 Å². The minimum absolute atomic E-state index is 0.281. The predicted octanol–water partition coefficient (Wildman–Crippen LogP) is 4.84. The van der Waals surface area contributed by atoms with E-state index in [1.54, 1.807) is 6.07 Å². The summed E-state index contributed by atoms with van der Waals surface area (Å²) in [6.45, 7) is 2.19. The van der Waals surface area contributed by atoms with E-state index in [2.05, 4.69) is 19.1 Å². The second-order valence-electron chi connectivity index (χ2n) is 4.65. The van der Waals surface area contributed by atoms with Crippen molar-refractivity contribution < 1.29 is 9.13 Å². The fourth-order valence-electron chi connectivity index (χ4n) is 2.09. The molecule has 2 rings (SSSR count). The average Bonchev–Trinajstić information content (AvgIpc) is 2.45. The maximum absolute atomic E-state index is 13.7. The number of methoxy groups -OCH3 is 1. The van der Waals surface area contributed by atoms with Gasteiger partial charge in [0.05, 0.1) is 7.11 Å². The number of aryl methyl sites for hydroxylation is 1. The van der Waals surface area contributed by atoms with E-state index in [1.165, 1.54) is 31.6 Å². The molecule has 0 radical (unpaired) electrons. The normalized spacial score (nSPS) is 10.5. The lowest BCUT2D eigenvalue weighted by molar-refractivity contribution is 0.386. The fraction of sp³-hybridized carbons (Fsp3) is 0.294. The Morgan fingerprint density at radius 1 is 1.00 bits per heavy atom. The molecule has 0 bridgehead atoms. The highest BCUT2D eigenvalue weighted by Gasteiger charge is 2.05. The lowest BCUT2D eigenvalue weighted by Crippen LogP contribution is -1.89. The van der Waals surface area contributed by atoms with Crippen molar-refractivity contribution in [3.8, 4) is 16.9 Å². The van der Waals surface area contributed by atoms with Gasteiger partial charge in [-0.25, -0.2) is 4.39 Å². The van der Waals surface area contributed by atoms with Gasteiger partial charge < -0.3 is 4.74 Å². The van der Waals surface area contributed by atoms with Crippen LogP contribution in [-0.4, -0.2) is 7.11 Å². The number of unbranched alkanes of at least 4 members (excludes halogenated alkanes) is 1. The number of hydrogen-bond acceptors (Lipinski definition) is 1.